The van der Waals surface area contributed by atoms with Crippen molar-refractivity contribution in [3.63, 3.8) is 0 Å². The Kier molecular flexibility index (Phi) is 6.34. The van der Waals surface area contributed by atoms with Gasteiger partial charge in [-0.15, -0.1) is 10.2 Å². The van der Waals surface area contributed by atoms with Gasteiger partial charge in [-0.3, -0.25) is 9.36 Å². The zero-order valence-corrected chi connectivity index (χ0v) is 18.3. The number of carbonyl (C=O) groups is 1. The summed E-state index contributed by atoms with van der Waals surface area (Å²) >= 11 is 19.3. The third kappa shape index (κ3) is 4.65. The molecule has 0 atom stereocenters. The average molecular weight is 480 g/mol. The van der Waals surface area contributed by atoms with E-state index in [1.807, 2.05) is 12.1 Å². The number of thioether (sulfide) groups is 1. The zero-order chi connectivity index (χ0) is 21.1. The molecule has 0 aliphatic carbocycles. The molecule has 0 saturated heterocycles. The second-order valence-electron chi connectivity index (χ2n) is 6.06. The van der Waals surface area contributed by atoms with E-state index in [1.54, 1.807) is 53.3 Å². The molecule has 4 aromatic rings. The smallest absolute Gasteiger partial charge is 0.234 e. The maximum Gasteiger partial charge on any atom is 0.234 e. The number of furan rings is 1. The molecule has 30 heavy (non-hydrogen) atoms. The van der Waals surface area contributed by atoms with E-state index in [1.165, 1.54) is 11.8 Å². The topological polar surface area (TPSA) is 73.0 Å². The average Bonchev–Trinajstić information content (AvgIpc) is 3.39. The lowest BCUT2D eigenvalue weighted by Gasteiger charge is -2.10. The number of carbonyl (C=O) groups excluding carboxylic acids is 1. The molecule has 152 valence electrons. The SMILES string of the molecule is O=C(CSc1nnc(-c2ccco2)n1-c1ccc(Cl)cc1)Nc1cc(Cl)ccc1Cl. The summed E-state index contributed by atoms with van der Waals surface area (Å²) in [4.78, 5) is 12.5. The van der Waals surface area contributed by atoms with Crippen molar-refractivity contribution >= 4 is 58.2 Å². The van der Waals surface area contributed by atoms with Gasteiger partial charge in [0.1, 0.15) is 0 Å². The fourth-order valence-electron chi connectivity index (χ4n) is 2.66. The summed E-state index contributed by atoms with van der Waals surface area (Å²) in [6, 6.07) is 15.7. The van der Waals surface area contributed by atoms with Gasteiger partial charge in [0.25, 0.3) is 0 Å². The van der Waals surface area contributed by atoms with Gasteiger partial charge < -0.3 is 9.73 Å². The minimum absolute atomic E-state index is 0.0900. The van der Waals surface area contributed by atoms with Crippen LogP contribution in [0.15, 0.2) is 70.4 Å². The molecule has 2 aromatic carbocycles. The van der Waals surface area contributed by atoms with E-state index in [9.17, 15) is 4.79 Å². The van der Waals surface area contributed by atoms with Crippen LogP contribution in [0, 0.1) is 0 Å². The Morgan fingerprint density at radius 3 is 2.53 bits per heavy atom. The minimum Gasteiger partial charge on any atom is -0.461 e. The molecule has 0 saturated carbocycles. The van der Waals surface area contributed by atoms with Crippen molar-refractivity contribution in [2.24, 2.45) is 0 Å². The summed E-state index contributed by atoms with van der Waals surface area (Å²) in [5.41, 5.74) is 1.24. The largest absolute Gasteiger partial charge is 0.461 e. The lowest BCUT2D eigenvalue weighted by Crippen LogP contribution is -2.15. The predicted molar refractivity (Wildman–Crippen MR) is 120 cm³/mol. The van der Waals surface area contributed by atoms with Crippen molar-refractivity contribution < 1.29 is 9.21 Å². The summed E-state index contributed by atoms with van der Waals surface area (Å²) in [5.74, 6) is 0.907. The first-order chi connectivity index (χ1) is 14.5. The zero-order valence-electron chi connectivity index (χ0n) is 15.2. The van der Waals surface area contributed by atoms with E-state index in [-0.39, 0.29) is 11.7 Å². The van der Waals surface area contributed by atoms with E-state index in [2.05, 4.69) is 15.5 Å². The number of hydrogen-bond acceptors (Lipinski definition) is 5. The van der Waals surface area contributed by atoms with E-state index >= 15 is 0 Å². The quantitative estimate of drug-likeness (QED) is 0.332. The molecule has 0 bridgehead atoms. The molecule has 0 aliphatic rings. The van der Waals surface area contributed by atoms with Crippen LogP contribution in [0.25, 0.3) is 17.3 Å². The molecule has 2 aromatic heterocycles. The molecule has 0 aliphatic heterocycles. The van der Waals surface area contributed by atoms with Crippen LogP contribution in [0.2, 0.25) is 15.1 Å². The van der Waals surface area contributed by atoms with Crippen molar-refractivity contribution in [2.45, 2.75) is 5.16 Å². The van der Waals surface area contributed by atoms with Crippen LogP contribution in [0.1, 0.15) is 0 Å². The summed E-state index contributed by atoms with van der Waals surface area (Å²) in [6.07, 6.45) is 1.56. The van der Waals surface area contributed by atoms with Crippen LogP contribution in [0.4, 0.5) is 5.69 Å². The van der Waals surface area contributed by atoms with E-state index in [0.29, 0.717) is 37.5 Å². The van der Waals surface area contributed by atoms with Gasteiger partial charge in [0, 0.05) is 15.7 Å². The lowest BCUT2D eigenvalue weighted by atomic mass is 10.3. The Hall–Kier alpha value is -2.45. The van der Waals surface area contributed by atoms with Gasteiger partial charge in [0.05, 0.1) is 22.7 Å². The van der Waals surface area contributed by atoms with Gasteiger partial charge in [-0.05, 0) is 54.6 Å². The van der Waals surface area contributed by atoms with E-state index < -0.39 is 0 Å². The molecule has 0 fully saturated rings. The number of nitrogens with one attached hydrogen (secondary N) is 1. The Morgan fingerprint density at radius 1 is 1.03 bits per heavy atom. The second kappa shape index (κ2) is 9.14. The number of nitrogens with zero attached hydrogens (tertiary/aromatic N) is 3. The summed E-state index contributed by atoms with van der Waals surface area (Å²) in [7, 11) is 0. The molecule has 6 nitrogen and oxygen atoms in total. The number of hydrogen-bond donors (Lipinski definition) is 1. The van der Waals surface area contributed by atoms with Gasteiger partial charge in [-0.25, -0.2) is 0 Å². The molecule has 1 N–H and O–H groups in total. The molecule has 0 radical (unpaired) electrons. The van der Waals surface area contributed by atoms with Gasteiger partial charge in [0.15, 0.2) is 10.9 Å². The number of anilines is 1. The van der Waals surface area contributed by atoms with Gasteiger partial charge in [-0.2, -0.15) is 0 Å². The van der Waals surface area contributed by atoms with Crippen molar-refractivity contribution in [1.29, 1.82) is 0 Å². The first-order valence-corrected chi connectivity index (χ1v) is 10.8. The molecule has 2 heterocycles. The van der Waals surface area contributed by atoms with Crippen LogP contribution in [0.5, 0.6) is 0 Å². The maximum absolute atomic E-state index is 12.5. The number of amides is 1. The van der Waals surface area contributed by atoms with Crippen LogP contribution in [-0.4, -0.2) is 26.4 Å². The third-order valence-electron chi connectivity index (χ3n) is 3.99. The van der Waals surface area contributed by atoms with Crippen LogP contribution < -0.4 is 5.32 Å². The number of aromatic nitrogens is 3. The standard InChI is InChI=1S/C20H13Cl3N4O2S/c21-12-3-6-14(7-4-12)27-19(17-2-1-9-29-17)25-26-20(27)30-11-18(28)24-16-10-13(22)5-8-15(16)23/h1-10H,11H2,(H,24,28). The third-order valence-corrected chi connectivity index (χ3v) is 5.74. The second-order valence-corrected chi connectivity index (χ2v) is 8.28. The number of benzene rings is 2. The summed E-state index contributed by atoms with van der Waals surface area (Å²) < 4.78 is 7.29. The molecule has 0 spiro atoms. The Bertz CT molecular complexity index is 1180. The van der Waals surface area contributed by atoms with Crippen LogP contribution >= 0.6 is 46.6 Å². The molecule has 1 amide bonds. The fourth-order valence-corrected chi connectivity index (χ4v) is 3.88. The monoisotopic (exact) mass is 478 g/mol. The highest BCUT2D eigenvalue weighted by Gasteiger charge is 2.19. The molecular weight excluding hydrogens is 467 g/mol. The highest BCUT2D eigenvalue weighted by molar-refractivity contribution is 7.99. The summed E-state index contributed by atoms with van der Waals surface area (Å²) in [5, 5.41) is 13.2. The molecular formula is C20H13Cl3N4O2S. The van der Waals surface area contributed by atoms with Crippen molar-refractivity contribution in [1.82, 2.24) is 14.8 Å². The molecule has 4 rings (SSSR count). The van der Waals surface area contributed by atoms with Crippen LogP contribution in [0.3, 0.4) is 0 Å². The highest BCUT2D eigenvalue weighted by atomic mass is 35.5. The van der Waals surface area contributed by atoms with E-state index in [0.717, 1.165) is 5.69 Å². The van der Waals surface area contributed by atoms with Crippen molar-refractivity contribution in [3.8, 4) is 17.3 Å². The fraction of sp³-hybridized carbons (Fsp3) is 0.0500. The Morgan fingerprint density at radius 2 is 1.80 bits per heavy atom. The molecule has 0 unspecified atom stereocenters. The van der Waals surface area contributed by atoms with Crippen molar-refractivity contribution in [2.75, 3.05) is 11.1 Å². The molecule has 10 heteroatoms. The Labute approximate surface area is 191 Å². The number of halogens is 3. The first kappa shape index (κ1) is 20.8. The normalized spacial score (nSPS) is 10.9. The van der Waals surface area contributed by atoms with Gasteiger partial charge >= 0.3 is 0 Å². The Balaban J connectivity index is 1.57. The maximum atomic E-state index is 12.5. The highest BCUT2D eigenvalue weighted by Crippen LogP contribution is 2.30. The van der Waals surface area contributed by atoms with Gasteiger partial charge in [-0.1, -0.05) is 46.6 Å². The number of rotatable bonds is 6. The predicted octanol–water partition coefficient (Wildman–Crippen LogP) is 6.22. The minimum atomic E-state index is -0.255. The first-order valence-electron chi connectivity index (χ1n) is 8.64. The van der Waals surface area contributed by atoms with E-state index in [4.69, 9.17) is 39.2 Å². The lowest BCUT2D eigenvalue weighted by molar-refractivity contribution is -0.113. The van der Waals surface area contributed by atoms with Crippen LogP contribution in [-0.2, 0) is 4.79 Å². The summed E-state index contributed by atoms with van der Waals surface area (Å²) in [6.45, 7) is 0. The van der Waals surface area contributed by atoms with Crippen molar-refractivity contribution in [3.05, 3.63) is 75.9 Å². The van der Waals surface area contributed by atoms with Gasteiger partial charge in [0.2, 0.25) is 11.7 Å².